The van der Waals surface area contributed by atoms with Gasteiger partial charge in [0.25, 0.3) is 0 Å². The Morgan fingerprint density at radius 1 is 1.10 bits per heavy atom. The number of rotatable bonds is 8. The van der Waals surface area contributed by atoms with Crippen LogP contribution in [0.3, 0.4) is 0 Å². The predicted molar refractivity (Wildman–Crippen MR) is 91.5 cm³/mol. The molecule has 0 aromatic heterocycles. The second-order valence-electron chi connectivity index (χ2n) is 8.70. The molecule has 0 bridgehead atoms. The molecule has 0 N–H and O–H groups in total. The summed E-state index contributed by atoms with van der Waals surface area (Å²) in [4.78, 5) is 14.8. The number of carbonyl (C=O) groups excluding carboxylic acids is 1. The monoisotopic (exact) mass is 295 g/mol. The number of hydrogen-bond donors (Lipinski definition) is 0. The first-order valence-corrected chi connectivity index (χ1v) is 8.94. The Morgan fingerprint density at radius 2 is 1.62 bits per heavy atom. The van der Waals surface area contributed by atoms with Gasteiger partial charge in [-0.25, -0.2) is 0 Å². The fourth-order valence-corrected chi connectivity index (χ4v) is 3.20. The van der Waals surface area contributed by atoms with Gasteiger partial charge in [0.05, 0.1) is 0 Å². The van der Waals surface area contributed by atoms with Crippen molar-refractivity contribution in [3.8, 4) is 0 Å². The maximum Gasteiger partial charge on any atom is 0.137 e. The van der Waals surface area contributed by atoms with Crippen LogP contribution in [0.1, 0.15) is 73.6 Å². The van der Waals surface area contributed by atoms with E-state index in [0.29, 0.717) is 11.2 Å². The molecule has 1 rings (SSSR count). The van der Waals surface area contributed by atoms with Crippen LogP contribution in [-0.2, 0) is 4.79 Å². The number of nitrogens with zero attached hydrogens (tertiary/aromatic N) is 1. The summed E-state index contributed by atoms with van der Waals surface area (Å²) >= 11 is 0. The number of Topliss-reactive ketones (excluding diaryl/α,β-unsaturated/α-hetero) is 1. The molecule has 0 radical (unpaired) electrons. The normalized spacial score (nSPS) is 22.5. The van der Waals surface area contributed by atoms with Crippen molar-refractivity contribution >= 4 is 5.78 Å². The van der Waals surface area contributed by atoms with Gasteiger partial charge >= 0.3 is 0 Å². The molecule has 0 saturated heterocycles. The molecule has 1 atom stereocenters. The van der Waals surface area contributed by atoms with E-state index in [2.05, 4.69) is 46.4 Å². The fourth-order valence-electron chi connectivity index (χ4n) is 3.20. The Labute approximate surface area is 132 Å². The van der Waals surface area contributed by atoms with E-state index in [-0.39, 0.29) is 5.92 Å². The quantitative estimate of drug-likeness (QED) is 0.642. The van der Waals surface area contributed by atoms with Gasteiger partial charge in [-0.15, -0.1) is 0 Å². The van der Waals surface area contributed by atoms with E-state index in [9.17, 15) is 4.79 Å². The molecule has 0 aromatic carbocycles. The Hall–Kier alpha value is -0.370. The van der Waals surface area contributed by atoms with Gasteiger partial charge < -0.3 is 4.90 Å². The number of ketones is 1. The van der Waals surface area contributed by atoms with Crippen molar-refractivity contribution in [1.29, 1.82) is 0 Å². The third-order valence-corrected chi connectivity index (χ3v) is 4.83. The van der Waals surface area contributed by atoms with Crippen molar-refractivity contribution in [1.82, 2.24) is 4.90 Å². The zero-order chi connectivity index (χ0) is 16.0. The maximum absolute atomic E-state index is 12.3. The summed E-state index contributed by atoms with van der Waals surface area (Å²) in [5, 5.41) is 0. The van der Waals surface area contributed by atoms with Gasteiger partial charge in [0.15, 0.2) is 0 Å². The summed E-state index contributed by atoms with van der Waals surface area (Å²) in [5.41, 5.74) is 0.348. The lowest BCUT2D eigenvalue weighted by molar-refractivity contribution is -0.127. The number of hydrogen-bond acceptors (Lipinski definition) is 2. The standard InChI is InChI=1S/C19H37NO/c1-15(2)8-11-20(12-9-16(3)4)14-17-13-19(5,6)10-7-18(17)21/h15-17H,7-14H2,1-6H3. The molecule has 2 nitrogen and oxygen atoms in total. The summed E-state index contributed by atoms with van der Waals surface area (Å²) in [6, 6.07) is 0. The molecule has 1 aliphatic carbocycles. The van der Waals surface area contributed by atoms with Gasteiger partial charge in [-0.3, -0.25) is 4.79 Å². The summed E-state index contributed by atoms with van der Waals surface area (Å²) in [7, 11) is 0. The molecular weight excluding hydrogens is 258 g/mol. The number of carbonyl (C=O) groups is 1. The predicted octanol–water partition coefficient (Wildman–Crippen LogP) is 4.78. The van der Waals surface area contributed by atoms with Gasteiger partial charge in [-0.1, -0.05) is 41.5 Å². The highest BCUT2D eigenvalue weighted by atomic mass is 16.1. The summed E-state index contributed by atoms with van der Waals surface area (Å²) in [6.45, 7) is 17.1. The molecule has 21 heavy (non-hydrogen) atoms. The fraction of sp³-hybridized carbons (Fsp3) is 0.947. The Balaban J connectivity index is 2.58. The van der Waals surface area contributed by atoms with Crippen molar-refractivity contribution in [2.24, 2.45) is 23.2 Å². The lowest BCUT2D eigenvalue weighted by Gasteiger charge is -2.37. The van der Waals surface area contributed by atoms with Crippen LogP contribution in [0, 0.1) is 23.2 Å². The Kier molecular flexibility index (Phi) is 7.39. The van der Waals surface area contributed by atoms with Gasteiger partial charge in [0.2, 0.25) is 0 Å². The first kappa shape index (κ1) is 18.7. The van der Waals surface area contributed by atoms with Crippen LogP contribution in [0.4, 0.5) is 0 Å². The summed E-state index contributed by atoms with van der Waals surface area (Å²) in [5.74, 6) is 2.26. The first-order valence-electron chi connectivity index (χ1n) is 8.94. The van der Waals surface area contributed by atoms with Crippen LogP contribution >= 0.6 is 0 Å². The van der Waals surface area contributed by atoms with Gasteiger partial charge in [-0.2, -0.15) is 0 Å². The lowest BCUT2D eigenvalue weighted by Crippen LogP contribution is -2.40. The van der Waals surface area contributed by atoms with Crippen LogP contribution in [0.5, 0.6) is 0 Å². The SMILES string of the molecule is CC(C)CCN(CCC(C)C)CC1CC(C)(C)CCC1=O. The molecule has 0 amide bonds. The Bertz CT molecular complexity index is 308. The second kappa shape index (κ2) is 8.31. The zero-order valence-corrected chi connectivity index (χ0v) is 15.2. The molecular formula is C19H37NO. The van der Waals surface area contributed by atoms with Crippen molar-refractivity contribution in [3.05, 3.63) is 0 Å². The average molecular weight is 296 g/mol. The third kappa shape index (κ3) is 7.44. The van der Waals surface area contributed by atoms with E-state index in [1.54, 1.807) is 0 Å². The second-order valence-corrected chi connectivity index (χ2v) is 8.70. The van der Waals surface area contributed by atoms with Crippen molar-refractivity contribution < 1.29 is 4.79 Å². The van der Waals surface area contributed by atoms with Crippen molar-refractivity contribution in [3.63, 3.8) is 0 Å². The van der Waals surface area contributed by atoms with E-state index in [4.69, 9.17) is 0 Å². The lowest BCUT2D eigenvalue weighted by atomic mass is 9.71. The minimum atomic E-state index is 0.271. The minimum absolute atomic E-state index is 0.271. The molecule has 1 fully saturated rings. The summed E-state index contributed by atoms with van der Waals surface area (Å²) in [6.07, 6.45) is 5.41. The topological polar surface area (TPSA) is 20.3 Å². The average Bonchev–Trinajstić information content (AvgIpc) is 2.36. The molecule has 0 spiro atoms. The highest BCUT2D eigenvalue weighted by Gasteiger charge is 2.34. The van der Waals surface area contributed by atoms with E-state index >= 15 is 0 Å². The van der Waals surface area contributed by atoms with Crippen LogP contribution in [0.25, 0.3) is 0 Å². The summed E-state index contributed by atoms with van der Waals surface area (Å²) < 4.78 is 0. The highest BCUT2D eigenvalue weighted by molar-refractivity contribution is 5.82. The van der Waals surface area contributed by atoms with Crippen LogP contribution in [0.2, 0.25) is 0 Å². The molecule has 0 aromatic rings. The smallest absolute Gasteiger partial charge is 0.137 e. The molecule has 2 heteroatoms. The van der Waals surface area contributed by atoms with E-state index in [0.717, 1.165) is 50.7 Å². The minimum Gasteiger partial charge on any atom is -0.303 e. The molecule has 1 saturated carbocycles. The molecule has 0 heterocycles. The van der Waals surface area contributed by atoms with Crippen LogP contribution < -0.4 is 0 Å². The molecule has 0 aliphatic heterocycles. The Morgan fingerprint density at radius 3 is 2.10 bits per heavy atom. The first-order chi connectivity index (χ1) is 9.69. The van der Waals surface area contributed by atoms with Gasteiger partial charge in [-0.05, 0) is 56.0 Å². The molecule has 1 unspecified atom stereocenters. The maximum atomic E-state index is 12.3. The van der Waals surface area contributed by atoms with Crippen LogP contribution in [0.15, 0.2) is 0 Å². The van der Waals surface area contributed by atoms with E-state index < -0.39 is 0 Å². The van der Waals surface area contributed by atoms with E-state index in [1.807, 2.05) is 0 Å². The highest BCUT2D eigenvalue weighted by Crippen LogP contribution is 2.37. The van der Waals surface area contributed by atoms with Crippen LogP contribution in [-0.4, -0.2) is 30.3 Å². The van der Waals surface area contributed by atoms with Gasteiger partial charge in [0, 0.05) is 18.9 Å². The van der Waals surface area contributed by atoms with Crippen molar-refractivity contribution in [2.75, 3.05) is 19.6 Å². The molecule has 124 valence electrons. The molecule has 1 aliphatic rings. The largest absolute Gasteiger partial charge is 0.303 e. The zero-order valence-electron chi connectivity index (χ0n) is 15.2. The van der Waals surface area contributed by atoms with Crippen molar-refractivity contribution in [2.45, 2.75) is 73.6 Å². The third-order valence-electron chi connectivity index (χ3n) is 4.83. The van der Waals surface area contributed by atoms with E-state index in [1.165, 1.54) is 12.8 Å². The van der Waals surface area contributed by atoms with Gasteiger partial charge in [0.1, 0.15) is 5.78 Å².